The van der Waals surface area contributed by atoms with E-state index in [1.165, 1.54) is 31.3 Å². The molecule has 9 atom stereocenters. The normalized spacial score (nSPS) is 36.0. The highest BCUT2D eigenvalue weighted by Crippen LogP contribution is 2.63. The van der Waals surface area contributed by atoms with Gasteiger partial charge in [0.1, 0.15) is 18.8 Å². The molecule has 3 aliphatic heterocycles. The number of β-amino-alcohol motifs (C(OH)–C–C–N with tert-alkyl or cyclic N) is 1. The summed E-state index contributed by atoms with van der Waals surface area (Å²) < 4.78 is 6.28. The number of allylic oxidation sites excluding steroid dienone is 8. The average Bonchev–Trinajstić information content (AvgIpc) is 3.97. The third-order valence-electron chi connectivity index (χ3n) is 16.7. The van der Waals surface area contributed by atoms with Crippen molar-refractivity contribution < 1.29 is 34.8 Å². The van der Waals surface area contributed by atoms with Crippen molar-refractivity contribution >= 4 is 11.7 Å². The zero-order chi connectivity index (χ0) is 48.0. The Morgan fingerprint density at radius 1 is 0.897 bits per heavy atom. The summed E-state index contributed by atoms with van der Waals surface area (Å²) in [7, 11) is 0. The number of fused-ring (bicyclic) bond motifs is 4. The monoisotopic (exact) mass is 926 g/mol. The van der Waals surface area contributed by atoms with Gasteiger partial charge in [-0.1, -0.05) is 115 Å². The van der Waals surface area contributed by atoms with Gasteiger partial charge in [-0.15, -0.1) is 0 Å². The van der Waals surface area contributed by atoms with Crippen LogP contribution in [0.5, 0.6) is 0 Å². The van der Waals surface area contributed by atoms with E-state index in [2.05, 4.69) is 53.3 Å². The molecule has 3 saturated carbocycles. The van der Waals surface area contributed by atoms with Gasteiger partial charge in [0.2, 0.25) is 5.91 Å². The van der Waals surface area contributed by atoms with E-state index in [4.69, 9.17) is 10.5 Å². The molecule has 8 rings (SSSR count). The molecule has 6 aliphatic rings. The fraction of sp³-hybridized carbons (Fsp3) is 0.552. The SMILES string of the molecule is C=C1/C=C/C=C(\[C@H]2CC[C@@]3([C@@H]4CC[C@H](O)Cc5cccc(c5)CC[C@H](O)CN[C@@H]5C(=O)N[C@H](N)c6cccc(c65)CC(=O)/C(C)=C/4CC[C@@]3(C)O)[C@@H]2O)COCC#CC/C(C2CCCC2)=C/CC1. The Bertz CT molecular complexity index is 2380. The van der Waals surface area contributed by atoms with Crippen LogP contribution in [0, 0.1) is 35.0 Å². The molecule has 1 spiro atoms. The Hall–Kier alpha value is -4.44. The van der Waals surface area contributed by atoms with Crippen LogP contribution in [0.25, 0.3) is 0 Å². The first kappa shape index (κ1) is 50.0. The van der Waals surface area contributed by atoms with Gasteiger partial charge in [-0.3, -0.25) is 14.9 Å². The van der Waals surface area contributed by atoms with E-state index in [0.717, 1.165) is 47.1 Å². The van der Waals surface area contributed by atoms with Crippen LogP contribution in [0.3, 0.4) is 0 Å². The minimum absolute atomic E-state index is 0.0144. The van der Waals surface area contributed by atoms with Crippen LogP contribution < -0.4 is 16.4 Å². The number of benzene rings is 2. The van der Waals surface area contributed by atoms with Gasteiger partial charge in [-0.25, -0.2) is 0 Å². The standard InChI is InChI=1S/C58H75N3O7/c1-37-12-8-19-42(41-16-4-5-17-41)18-6-7-31-68-36-44(21-9-13-37)48-28-30-58(54(48)65)50-26-25-45(62)33-40-15-10-14-39(32-40)23-24-46(63)35-60-53-52-43(20-11-22-49(52)55(59)61-56(53)66)34-51(64)38(2)47(50)27-29-57(58,3)67/h9-11,13-15,19-22,32,41,45-46,48,50,53-55,60,62-63,65,67H,1,4-5,8,12,16-18,23-31,33-36,59H2,2-3H3,(H,61,66)/b13-9+,42-19-,44-21-,47-38+/t45-,46-,48+,50+,53-,54+,55-,57+,58+/m0/s1. The summed E-state index contributed by atoms with van der Waals surface area (Å²) in [6.45, 7) is 8.79. The second-order valence-corrected chi connectivity index (χ2v) is 21.0. The number of aryl methyl sites for hydroxylation is 1. The highest BCUT2D eigenvalue weighted by molar-refractivity contribution is 5.98. The van der Waals surface area contributed by atoms with Crippen molar-refractivity contribution in [3.05, 3.63) is 129 Å². The van der Waals surface area contributed by atoms with E-state index in [0.29, 0.717) is 86.0 Å². The summed E-state index contributed by atoms with van der Waals surface area (Å²) in [5.74, 6) is 6.09. The lowest BCUT2D eigenvalue weighted by Crippen LogP contribution is -2.59. The minimum atomic E-state index is -1.29. The molecule has 2 aromatic carbocycles. The van der Waals surface area contributed by atoms with Crippen molar-refractivity contribution in [1.29, 1.82) is 0 Å². The zero-order valence-corrected chi connectivity index (χ0v) is 40.4. The van der Waals surface area contributed by atoms with Crippen LogP contribution in [0.1, 0.15) is 144 Å². The number of amides is 1. The number of rotatable bonds is 2. The van der Waals surface area contributed by atoms with Crippen LogP contribution in [0.4, 0.5) is 0 Å². The molecule has 10 nitrogen and oxygen atoms in total. The molecule has 3 fully saturated rings. The fourth-order valence-corrected chi connectivity index (χ4v) is 12.9. The molecule has 364 valence electrons. The molecular formula is C58H75N3O7. The largest absolute Gasteiger partial charge is 0.393 e. The van der Waals surface area contributed by atoms with Crippen LogP contribution in [0.2, 0.25) is 0 Å². The van der Waals surface area contributed by atoms with Gasteiger partial charge in [0, 0.05) is 30.7 Å². The average molecular weight is 926 g/mol. The molecule has 10 heteroatoms. The van der Waals surface area contributed by atoms with Gasteiger partial charge in [0.25, 0.3) is 0 Å². The molecule has 2 aromatic rings. The maximum Gasteiger partial charge on any atom is 0.243 e. The highest BCUT2D eigenvalue weighted by Gasteiger charge is 2.64. The number of nitrogens with one attached hydrogen (secondary N) is 2. The number of aliphatic hydroxyl groups excluding tert-OH is 3. The molecule has 2 bridgehead atoms. The first-order chi connectivity index (χ1) is 32.8. The number of carbonyl (C=O) groups excluding carboxylic acids is 2. The Morgan fingerprint density at radius 2 is 1.69 bits per heavy atom. The molecular weight excluding hydrogens is 851 g/mol. The first-order valence-corrected chi connectivity index (χ1v) is 25.5. The number of carbonyl (C=O) groups is 2. The predicted octanol–water partition coefficient (Wildman–Crippen LogP) is 7.80. The lowest BCUT2D eigenvalue weighted by molar-refractivity contribution is -0.168. The Labute approximate surface area is 404 Å². The summed E-state index contributed by atoms with van der Waals surface area (Å²) in [5.41, 5.74) is 13.1. The van der Waals surface area contributed by atoms with E-state index in [1.807, 2.05) is 56.3 Å². The van der Waals surface area contributed by atoms with Gasteiger partial charge < -0.3 is 36.2 Å². The summed E-state index contributed by atoms with van der Waals surface area (Å²) in [4.78, 5) is 28.5. The van der Waals surface area contributed by atoms with E-state index >= 15 is 0 Å². The van der Waals surface area contributed by atoms with Gasteiger partial charge >= 0.3 is 0 Å². The first-order valence-electron chi connectivity index (χ1n) is 25.5. The number of ketones is 1. The molecule has 0 radical (unpaired) electrons. The lowest BCUT2D eigenvalue weighted by atomic mass is 9.52. The predicted molar refractivity (Wildman–Crippen MR) is 267 cm³/mol. The smallest absolute Gasteiger partial charge is 0.243 e. The Kier molecular flexibility index (Phi) is 16.2. The van der Waals surface area contributed by atoms with Gasteiger partial charge in [0.05, 0.1) is 30.5 Å². The van der Waals surface area contributed by atoms with Gasteiger partial charge in [0.15, 0.2) is 5.78 Å². The van der Waals surface area contributed by atoms with Crippen molar-refractivity contribution in [3.8, 4) is 11.8 Å². The molecule has 3 aliphatic carbocycles. The Balaban J connectivity index is 1.14. The van der Waals surface area contributed by atoms with Crippen molar-refractivity contribution in [1.82, 2.24) is 10.6 Å². The highest BCUT2D eigenvalue weighted by atomic mass is 16.5. The minimum Gasteiger partial charge on any atom is -0.393 e. The van der Waals surface area contributed by atoms with Crippen LogP contribution >= 0.6 is 0 Å². The van der Waals surface area contributed by atoms with Crippen LogP contribution in [-0.4, -0.2) is 75.8 Å². The van der Waals surface area contributed by atoms with Crippen molar-refractivity contribution in [3.63, 3.8) is 0 Å². The molecule has 3 heterocycles. The number of nitrogens with two attached hydrogens (primary N) is 1. The van der Waals surface area contributed by atoms with Crippen LogP contribution in [0.15, 0.2) is 101 Å². The summed E-state index contributed by atoms with van der Waals surface area (Å²) >= 11 is 0. The number of hydrogen-bond acceptors (Lipinski definition) is 9. The topological polar surface area (TPSA) is 174 Å². The number of hydrogen-bond donors (Lipinski definition) is 7. The maximum atomic E-state index is 14.9. The molecule has 1 amide bonds. The molecule has 0 unspecified atom stereocenters. The molecule has 8 N–H and O–H groups in total. The number of Topliss-reactive ketones (excluding diaryl/α,β-unsaturated/α-hetero) is 1. The van der Waals surface area contributed by atoms with E-state index in [9.17, 15) is 30.0 Å². The van der Waals surface area contributed by atoms with E-state index < -0.39 is 47.5 Å². The summed E-state index contributed by atoms with van der Waals surface area (Å²) in [5, 5.41) is 54.9. The molecule has 68 heavy (non-hydrogen) atoms. The van der Waals surface area contributed by atoms with Crippen molar-refractivity contribution in [2.75, 3.05) is 19.8 Å². The number of ether oxygens (including phenoxy) is 1. The molecule has 0 aromatic heterocycles. The van der Waals surface area contributed by atoms with Gasteiger partial charge in [-0.2, -0.15) is 0 Å². The molecule has 0 saturated heterocycles. The van der Waals surface area contributed by atoms with E-state index in [-0.39, 0.29) is 43.8 Å². The lowest BCUT2D eigenvalue weighted by Gasteiger charge is -2.56. The third-order valence-corrected chi connectivity index (χ3v) is 16.7. The summed E-state index contributed by atoms with van der Waals surface area (Å²) in [6, 6.07) is 12.9. The second kappa shape index (κ2) is 22.1. The van der Waals surface area contributed by atoms with Crippen molar-refractivity contribution in [2.24, 2.45) is 28.9 Å². The van der Waals surface area contributed by atoms with Crippen LogP contribution in [-0.2, 0) is 33.6 Å². The number of aliphatic hydroxyl groups is 4. The zero-order valence-electron chi connectivity index (χ0n) is 40.4. The van der Waals surface area contributed by atoms with E-state index in [1.54, 1.807) is 0 Å². The fourth-order valence-electron chi connectivity index (χ4n) is 12.9. The van der Waals surface area contributed by atoms with Gasteiger partial charge in [-0.05, 0) is 148 Å². The second-order valence-electron chi connectivity index (χ2n) is 21.0. The summed E-state index contributed by atoms with van der Waals surface area (Å²) in [6.07, 6.45) is 17.1. The third kappa shape index (κ3) is 11.0. The quantitative estimate of drug-likeness (QED) is 0.117. The Morgan fingerprint density at radius 3 is 2.51 bits per heavy atom. The maximum absolute atomic E-state index is 14.9. The van der Waals surface area contributed by atoms with Crippen molar-refractivity contribution in [2.45, 2.75) is 159 Å².